The maximum absolute atomic E-state index is 12.6. The van der Waals surface area contributed by atoms with E-state index >= 15 is 0 Å². The number of hydrazone groups is 1. The van der Waals surface area contributed by atoms with Gasteiger partial charge in [0.05, 0.1) is 22.9 Å². The number of amides is 1. The fourth-order valence-electron chi connectivity index (χ4n) is 2.51. The van der Waals surface area contributed by atoms with Gasteiger partial charge in [-0.1, -0.05) is 23.7 Å². The lowest BCUT2D eigenvalue weighted by Gasteiger charge is -2.12. The van der Waals surface area contributed by atoms with Gasteiger partial charge in [-0.15, -0.1) is 0 Å². The first kappa shape index (κ1) is 17.8. The van der Waals surface area contributed by atoms with Gasteiger partial charge in [0, 0.05) is 23.4 Å². The van der Waals surface area contributed by atoms with Gasteiger partial charge >= 0.3 is 0 Å². The Balaban J connectivity index is 1.70. The van der Waals surface area contributed by atoms with Crippen molar-refractivity contribution < 1.29 is 9.72 Å². The Morgan fingerprint density at radius 1 is 1.23 bits per heavy atom. The summed E-state index contributed by atoms with van der Waals surface area (Å²) in [5.74, 6) is -0.784. The van der Waals surface area contributed by atoms with Crippen LogP contribution in [0.25, 0.3) is 0 Å². The van der Waals surface area contributed by atoms with Gasteiger partial charge in [-0.3, -0.25) is 19.9 Å². The minimum Gasteiger partial charge on any atom is -0.292 e. The molecule has 0 spiro atoms. The number of non-ortho nitro benzene ring substituents is 1. The van der Waals surface area contributed by atoms with E-state index in [-0.39, 0.29) is 11.6 Å². The van der Waals surface area contributed by atoms with Gasteiger partial charge < -0.3 is 0 Å². The second kappa shape index (κ2) is 7.45. The molecule has 3 rings (SSSR count). The summed E-state index contributed by atoms with van der Waals surface area (Å²) in [5.41, 5.74) is 2.04. The van der Waals surface area contributed by atoms with Crippen LogP contribution in [-0.2, 0) is 11.3 Å². The Bertz CT molecular complexity index is 892. The molecule has 7 nitrogen and oxygen atoms in total. The highest BCUT2D eigenvalue weighted by atomic mass is 35.5. The first-order valence-corrected chi connectivity index (χ1v) is 8.21. The molecule has 0 aliphatic carbocycles. The Morgan fingerprint density at radius 3 is 2.50 bits per heavy atom. The summed E-state index contributed by atoms with van der Waals surface area (Å²) in [6.45, 7) is 2.19. The molecular weight excluding hydrogens is 356 g/mol. The van der Waals surface area contributed by atoms with Crippen LogP contribution in [0, 0.1) is 16.0 Å². The summed E-state index contributed by atoms with van der Waals surface area (Å²) in [6.07, 6.45) is 1.58. The normalized spacial score (nSPS) is 17.0. The van der Waals surface area contributed by atoms with Crippen LogP contribution < -0.4 is 5.01 Å². The van der Waals surface area contributed by atoms with Crippen molar-refractivity contribution in [2.45, 2.75) is 13.5 Å². The molecule has 0 fully saturated rings. The number of carbonyl (C=O) groups is 1. The van der Waals surface area contributed by atoms with Gasteiger partial charge in [0.25, 0.3) is 11.6 Å². The van der Waals surface area contributed by atoms with Crippen molar-refractivity contribution in [2.24, 2.45) is 16.0 Å². The lowest BCUT2D eigenvalue weighted by molar-refractivity contribution is -0.384. The van der Waals surface area contributed by atoms with Crippen molar-refractivity contribution in [3.63, 3.8) is 0 Å². The smallest absolute Gasteiger partial charge is 0.269 e. The topological polar surface area (TPSA) is 88.2 Å². The molecule has 132 valence electrons. The van der Waals surface area contributed by atoms with E-state index < -0.39 is 10.8 Å². The van der Waals surface area contributed by atoms with Gasteiger partial charge in [0.1, 0.15) is 5.92 Å². The molecule has 1 amide bonds. The minimum absolute atomic E-state index is 0.0397. The number of hydrogen-bond donors (Lipinski definition) is 0. The van der Waals surface area contributed by atoms with E-state index in [4.69, 9.17) is 11.6 Å². The quantitative estimate of drug-likeness (QED) is 0.454. The van der Waals surface area contributed by atoms with Crippen molar-refractivity contribution >= 4 is 40.8 Å². The number of aliphatic imine (C=N–C) groups is 1. The Hall–Kier alpha value is -3.06. The van der Waals surface area contributed by atoms with Gasteiger partial charge in [-0.2, -0.15) is 10.1 Å². The third-order valence-corrected chi connectivity index (χ3v) is 4.18. The molecule has 1 aliphatic heterocycles. The predicted octanol–water partition coefficient (Wildman–Crippen LogP) is 3.86. The molecule has 0 N–H and O–H groups in total. The van der Waals surface area contributed by atoms with E-state index in [1.165, 1.54) is 29.3 Å². The van der Waals surface area contributed by atoms with Crippen molar-refractivity contribution in [2.75, 3.05) is 5.01 Å². The molecule has 0 saturated carbocycles. The van der Waals surface area contributed by atoms with E-state index in [1.54, 1.807) is 25.3 Å². The zero-order valence-electron chi connectivity index (χ0n) is 13.9. The molecule has 1 heterocycles. The Labute approximate surface area is 154 Å². The summed E-state index contributed by atoms with van der Waals surface area (Å²) in [7, 11) is 0. The summed E-state index contributed by atoms with van der Waals surface area (Å²) in [6, 6.07) is 13.0. The molecule has 1 atom stereocenters. The van der Waals surface area contributed by atoms with Crippen LogP contribution in [0.2, 0.25) is 5.02 Å². The first-order chi connectivity index (χ1) is 12.5. The lowest BCUT2D eigenvalue weighted by Crippen LogP contribution is -2.27. The molecule has 26 heavy (non-hydrogen) atoms. The summed E-state index contributed by atoms with van der Waals surface area (Å²) < 4.78 is 0. The van der Waals surface area contributed by atoms with Gasteiger partial charge in [0.15, 0.2) is 0 Å². The minimum atomic E-state index is -0.544. The van der Waals surface area contributed by atoms with E-state index in [1.807, 2.05) is 12.1 Å². The average Bonchev–Trinajstić information content (AvgIpc) is 2.91. The highest BCUT2D eigenvalue weighted by Crippen LogP contribution is 2.25. The second-order valence-electron chi connectivity index (χ2n) is 5.76. The third kappa shape index (κ3) is 3.78. The molecule has 0 bridgehead atoms. The van der Waals surface area contributed by atoms with Crippen LogP contribution >= 0.6 is 11.6 Å². The Morgan fingerprint density at radius 2 is 1.88 bits per heavy atom. The van der Waals surface area contributed by atoms with Crippen molar-refractivity contribution in [3.05, 3.63) is 69.2 Å². The molecule has 8 heteroatoms. The van der Waals surface area contributed by atoms with Crippen LogP contribution in [0.3, 0.4) is 0 Å². The highest BCUT2D eigenvalue weighted by Gasteiger charge is 2.33. The Kier molecular flexibility index (Phi) is 5.09. The zero-order valence-corrected chi connectivity index (χ0v) is 14.6. The van der Waals surface area contributed by atoms with Crippen LogP contribution in [0.5, 0.6) is 0 Å². The largest absolute Gasteiger partial charge is 0.292 e. The average molecular weight is 371 g/mol. The fraction of sp³-hybridized carbons (Fsp3) is 0.167. The molecular formula is C18H15ClN4O3. The van der Waals surface area contributed by atoms with E-state index in [0.717, 1.165) is 5.56 Å². The maximum atomic E-state index is 12.6. The molecule has 0 radical (unpaired) electrons. The maximum Gasteiger partial charge on any atom is 0.269 e. The SMILES string of the molecule is CC1=NN(c2ccc([N+](=O)[O-])cc2)C(=O)[C@@H]1C=NCc1ccc(Cl)cc1. The van der Waals surface area contributed by atoms with E-state index in [9.17, 15) is 14.9 Å². The molecule has 2 aromatic rings. The molecule has 2 aromatic carbocycles. The third-order valence-electron chi connectivity index (χ3n) is 3.93. The highest BCUT2D eigenvalue weighted by molar-refractivity contribution is 6.30. The molecule has 0 saturated heterocycles. The summed E-state index contributed by atoms with van der Waals surface area (Å²) >= 11 is 5.85. The van der Waals surface area contributed by atoms with Crippen molar-refractivity contribution in [3.8, 4) is 0 Å². The molecule has 1 aliphatic rings. The van der Waals surface area contributed by atoms with Crippen LogP contribution in [0.15, 0.2) is 58.6 Å². The fourth-order valence-corrected chi connectivity index (χ4v) is 2.63. The number of rotatable bonds is 5. The van der Waals surface area contributed by atoms with Gasteiger partial charge in [-0.05, 0) is 36.8 Å². The van der Waals surface area contributed by atoms with E-state index in [2.05, 4.69) is 10.1 Å². The monoisotopic (exact) mass is 370 g/mol. The van der Waals surface area contributed by atoms with E-state index in [0.29, 0.717) is 23.0 Å². The number of carbonyl (C=O) groups excluding carboxylic acids is 1. The molecule has 0 unspecified atom stereocenters. The number of nitro groups is 1. The van der Waals surface area contributed by atoms with Crippen molar-refractivity contribution in [1.82, 2.24) is 0 Å². The number of benzene rings is 2. The second-order valence-corrected chi connectivity index (χ2v) is 6.20. The standard InChI is InChI=1S/C18H15ClN4O3/c1-12-17(11-20-10-13-2-4-14(19)5-3-13)18(24)22(21-12)15-6-8-16(9-7-15)23(25)26/h2-9,11,17H,10H2,1H3/t17-/m1/s1. The van der Waals surface area contributed by atoms with Gasteiger partial charge in [-0.25, -0.2) is 0 Å². The number of anilines is 1. The summed E-state index contributed by atoms with van der Waals surface area (Å²) in [5, 5.41) is 16.9. The van der Waals surface area contributed by atoms with Crippen LogP contribution in [0.4, 0.5) is 11.4 Å². The van der Waals surface area contributed by atoms with Crippen molar-refractivity contribution in [1.29, 1.82) is 0 Å². The number of hydrogen-bond acceptors (Lipinski definition) is 5. The number of nitro benzene ring substituents is 1. The first-order valence-electron chi connectivity index (χ1n) is 7.83. The predicted molar refractivity (Wildman–Crippen MR) is 101 cm³/mol. The lowest BCUT2D eigenvalue weighted by atomic mass is 10.1. The zero-order chi connectivity index (χ0) is 18.7. The molecule has 0 aromatic heterocycles. The van der Waals surface area contributed by atoms with Crippen LogP contribution in [0.1, 0.15) is 12.5 Å². The number of halogens is 1. The number of nitrogens with zero attached hydrogens (tertiary/aromatic N) is 4. The van der Waals surface area contributed by atoms with Crippen LogP contribution in [-0.4, -0.2) is 22.8 Å². The summed E-state index contributed by atoms with van der Waals surface area (Å²) in [4.78, 5) is 27.2. The van der Waals surface area contributed by atoms with Gasteiger partial charge in [0.2, 0.25) is 0 Å².